The minimum absolute atomic E-state index is 0.194. The average molecular weight is 784 g/mol. The average Bonchev–Trinajstić information content (AvgIpc) is 3.90. The number of benzene rings is 5. The molecule has 0 atom stereocenters. The number of hydrogen-bond acceptors (Lipinski definition) is 7. The molecule has 0 saturated carbocycles. The first kappa shape index (κ1) is 40.3. The van der Waals surface area contributed by atoms with Gasteiger partial charge in [-0.15, -0.1) is 5.10 Å². The van der Waals surface area contributed by atoms with Crippen molar-refractivity contribution in [1.29, 1.82) is 0 Å². The monoisotopic (exact) mass is 783 g/mol. The number of carbonyl (C=O) groups excluding carboxylic acids is 2. The first-order valence-corrected chi connectivity index (χ1v) is 20.1. The minimum Gasteiger partial charge on any atom is -0.461 e. The number of anilines is 1. The van der Waals surface area contributed by atoms with Gasteiger partial charge in [-0.1, -0.05) is 158 Å². The van der Waals surface area contributed by atoms with Crippen LogP contribution in [0.15, 0.2) is 151 Å². The number of ether oxygens (including phenoxy) is 1. The zero-order valence-electron chi connectivity index (χ0n) is 34.2. The summed E-state index contributed by atoms with van der Waals surface area (Å²) in [5.74, 6) is 0.846. The lowest BCUT2D eigenvalue weighted by atomic mass is 9.77. The second kappa shape index (κ2) is 18.1. The Labute approximate surface area is 345 Å². The predicted molar refractivity (Wildman–Crippen MR) is 232 cm³/mol. The molecular formula is C49H49N7O3. The van der Waals surface area contributed by atoms with E-state index in [1.54, 1.807) is 20.0 Å². The molecule has 0 unspecified atom stereocenters. The third-order valence-corrected chi connectivity index (χ3v) is 10.4. The zero-order valence-corrected chi connectivity index (χ0v) is 34.2. The normalized spacial score (nSPS) is 11.3. The number of nitrogens with zero attached hydrogens (tertiary/aromatic N) is 7. The highest BCUT2D eigenvalue weighted by Crippen LogP contribution is 2.43. The van der Waals surface area contributed by atoms with E-state index in [2.05, 4.69) is 84.9 Å². The summed E-state index contributed by atoms with van der Waals surface area (Å²) in [5, 5.41) is 13.8. The molecule has 0 aliphatic rings. The van der Waals surface area contributed by atoms with Crippen LogP contribution in [0.5, 0.6) is 0 Å². The Morgan fingerprint density at radius 1 is 0.746 bits per heavy atom. The minimum atomic E-state index is -0.903. The number of esters is 1. The molecule has 7 aromatic rings. The maximum Gasteiger partial charge on any atom is 0.358 e. The van der Waals surface area contributed by atoms with Crippen molar-refractivity contribution < 1.29 is 14.3 Å². The molecule has 0 aliphatic heterocycles. The van der Waals surface area contributed by atoms with Crippen LogP contribution in [0.4, 0.5) is 5.82 Å². The summed E-state index contributed by atoms with van der Waals surface area (Å²) in [6.45, 7) is 8.17. The fraction of sp³-hybridized carbons (Fsp3) is 0.224. The second-order valence-corrected chi connectivity index (χ2v) is 14.7. The fourth-order valence-electron chi connectivity index (χ4n) is 7.65. The molecule has 10 nitrogen and oxygen atoms in total. The van der Waals surface area contributed by atoms with Crippen LogP contribution < -0.4 is 4.90 Å². The first-order valence-electron chi connectivity index (χ1n) is 20.1. The van der Waals surface area contributed by atoms with Crippen LogP contribution in [0.1, 0.15) is 79.1 Å². The molecule has 298 valence electrons. The van der Waals surface area contributed by atoms with E-state index < -0.39 is 11.5 Å². The number of carbonyl (C=O) groups is 2. The number of rotatable bonds is 15. The van der Waals surface area contributed by atoms with E-state index in [-0.39, 0.29) is 24.0 Å². The van der Waals surface area contributed by atoms with Crippen molar-refractivity contribution in [3.63, 3.8) is 0 Å². The van der Waals surface area contributed by atoms with Crippen molar-refractivity contribution in [2.45, 2.75) is 59.0 Å². The van der Waals surface area contributed by atoms with Gasteiger partial charge < -0.3 is 9.30 Å². The molecule has 0 aliphatic carbocycles. The van der Waals surface area contributed by atoms with Gasteiger partial charge in [0.2, 0.25) is 0 Å². The molecule has 0 bridgehead atoms. The van der Waals surface area contributed by atoms with E-state index >= 15 is 0 Å². The lowest BCUT2D eigenvalue weighted by Crippen LogP contribution is -2.39. The molecule has 5 aromatic carbocycles. The van der Waals surface area contributed by atoms with Crippen LogP contribution >= 0.6 is 0 Å². The van der Waals surface area contributed by atoms with E-state index in [1.165, 1.54) is 4.90 Å². The van der Waals surface area contributed by atoms with E-state index in [9.17, 15) is 9.59 Å². The summed E-state index contributed by atoms with van der Waals surface area (Å²) >= 11 is 0. The molecule has 0 saturated heterocycles. The van der Waals surface area contributed by atoms with Crippen LogP contribution in [0.2, 0.25) is 0 Å². The number of amides is 1. The fourth-order valence-corrected chi connectivity index (χ4v) is 7.65. The molecular weight excluding hydrogens is 735 g/mol. The third kappa shape index (κ3) is 8.12. The molecule has 2 heterocycles. The van der Waals surface area contributed by atoms with Gasteiger partial charge in [0.1, 0.15) is 11.4 Å². The zero-order chi connectivity index (χ0) is 41.4. The highest BCUT2D eigenvalue weighted by molar-refractivity contribution is 6.05. The largest absolute Gasteiger partial charge is 0.461 e. The van der Waals surface area contributed by atoms with E-state index in [0.29, 0.717) is 18.8 Å². The van der Waals surface area contributed by atoms with Crippen LogP contribution in [0, 0.1) is 0 Å². The Balaban J connectivity index is 1.32. The van der Waals surface area contributed by atoms with Gasteiger partial charge in [0, 0.05) is 31.7 Å². The predicted octanol–water partition coefficient (Wildman–Crippen LogP) is 9.54. The van der Waals surface area contributed by atoms with Gasteiger partial charge in [-0.25, -0.2) is 14.5 Å². The van der Waals surface area contributed by atoms with Crippen LogP contribution in [0.25, 0.3) is 22.5 Å². The number of aryl methyl sites for hydroxylation is 1. The Kier molecular flexibility index (Phi) is 12.4. The highest BCUT2D eigenvalue weighted by atomic mass is 16.5. The van der Waals surface area contributed by atoms with Gasteiger partial charge in [0.25, 0.3) is 5.91 Å². The van der Waals surface area contributed by atoms with Gasteiger partial charge >= 0.3 is 5.97 Å². The van der Waals surface area contributed by atoms with Crippen molar-refractivity contribution >= 4 is 17.7 Å². The molecule has 1 amide bonds. The van der Waals surface area contributed by atoms with Crippen molar-refractivity contribution in [2.75, 3.05) is 18.6 Å². The lowest BCUT2D eigenvalue weighted by Gasteiger charge is -2.36. The number of likely N-dealkylation sites (N-methyl/N-ethyl adjacent to an activating group) is 1. The topological polar surface area (TPSA) is 108 Å². The number of unbranched alkanes of at least 4 members (excludes halogenated alkanes) is 1. The molecule has 0 fully saturated rings. The molecule has 7 rings (SSSR count). The molecule has 0 N–H and O–H groups in total. The molecule has 0 radical (unpaired) electrons. The summed E-state index contributed by atoms with van der Waals surface area (Å²) in [6, 6.07) is 47.5. The van der Waals surface area contributed by atoms with Gasteiger partial charge in [-0.2, -0.15) is 0 Å². The van der Waals surface area contributed by atoms with Crippen LogP contribution in [0.3, 0.4) is 0 Å². The van der Waals surface area contributed by atoms with Crippen LogP contribution in [-0.4, -0.2) is 55.3 Å². The SMILES string of the molecule is CCCCc1nc(N(C)C(=O)C=C(C)C)c(C(=O)OCC)n1Cc1ccc(-c2ccccc2-c2nnnn2C(c2ccccc2)(c2ccccc2)c2ccccc2)cc1. The third-order valence-electron chi connectivity index (χ3n) is 10.4. The Bertz CT molecular complexity index is 2440. The Morgan fingerprint density at radius 2 is 1.31 bits per heavy atom. The first-order chi connectivity index (χ1) is 28.8. The smallest absolute Gasteiger partial charge is 0.358 e. The maximum atomic E-state index is 13.6. The quantitative estimate of drug-likeness (QED) is 0.0579. The van der Waals surface area contributed by atoms with Crippen molar-refractivity contribution in [1.82, 2.24) is 29.8 Å². The summed E-state index contributed by atoms with van der Waals surface area (Å²) < 4.78 is 9.40. The van der Waals surface area contributed by atoms with E-state index in [4.69, 9.17) is 20.0 Å². The molecule has 10 heteroatoms. The van der Waals surface area contributed by atoms with Crippen molar-refractivity contribution in [3.8, 4) is 22.5 Å². The van der Waals surface area contributed by atoms with Crippen molar-refractivity contribution in [2.24, 2.45) is 0 Å². The maximum absolute atomic E-state index is 13.6. The van der Waals surface area contributed by atoms with Gasteiger partial charge in [0.15, 0.2) is 17.3 Å². The van der Waals surface area contributed by atoms with E-state index in [1.807, 2.05) is 89.8 Å². The summed E-state index contributed by atoms with van der Waals surface area (Å²) in [5.41, 5.74) is 7.01. The highest BCUT2D eigenvalue weighted by Gasteiger charge is 2.42. The molecule has 0 spiro atoms. The summed E-state index contributed by atoms with van der Waals surface area (Å²) in [4.78, 5) is 33.1. The Hall–Kier alpha value is -6.94. The number of tetrazole rings is 1. The van der Waals surface area contributed by atoms with Gasteiger partial charge in [-0.3, -0.25) is 9.69 Å². The number of imidazole rings is 1. The van der Waals surface area contributed by atoms with Gasteiger partial charge in [-0.05, 0) is 71.0 Å². The second-order valence-electron chi connectivity index (χ2n) is 14.7. The number of hydrogen-bond donors (Lipinski definition) is 0. The standard InChI is InChI=1S/C49H49N7O3/c1-6-8-28-43-50-47(54(5)44(57)33-35(3)4)45(48(58)59-7-2)55(43)34-36-29-31-37(32-30-36)41-26-18-19-27-42(41)46-51-52-53-56(46)49(38-20-12-9-13-21-38,39-22-14-10-15-23-39)40-24-16-11-17-25-40/h9-27,29-33H,6-8,28,34H2,1-5H3. The van der Waals surface area contributed by atoms with E-state index in [0.717, 1.165) is 63.2 Å². The Morgan fingerprint density at radius 3 is 1.85 bits per heavy atom. The summed E-state index contributed by atoms with van der Waals surface area (Å²) in [6.07, 6.45) is 4.01. The van der Waals surface area contributed by atoms with Crippen LogP contribution in [-0.2, 0) is 28.0 Å². The molecule has 2 aromatic heterocycles. The number of allylic oxidation sites excluding steroid dienone is 1. The molecule has 59 heavy (non-hydrogen) atoms. The van der Waals surface area contributed by atoms with Crippen molar-refractivity contribution in [3.05, 3.63) is 185 Å². The number of aromatic nitrogens is 6. The van der Waals surface area contributed by atoms with Gasteiger partial charge in [0.05, 0.1) is 6.61 Å². The lowest BCUT2D eigenvalue weighted by molar-refractivity contribution is -0.114. The summed E-state index contributed by atoms with van der Waals surface area (Å²) in [7, 11) is 1.65.